The van der Waals surface area contributed by atoms with Crippen LogP contribution in [0, 0.1) is 0 Å². The van der Waals surface area contributed by atoms with Gasteiger partial charge in [-0.2, -0.15) is 0 Å². The number of anilines is 1. The van der Waals surface area contributed by atoms with E-state index in [1.807, 2.05) is 24.3 Å². The number of amides is 1. The molecule has 0 saturated heterocycles. The molecule has 0 bridgehead atoms. The number of benzene rings is 2. The van der Waals surface area contributed by atoms with Crippen molar-refractivity contribution in [2.24, 2.45) is 0 Å². The van der Waals surface area contributed by atoms with Crippen LogP contribution in [0.3, 0.4) is 0 Å². The summed E-state index contributed by atoms with van der Waals surface area (Å²) >= 11 is 5.84. The fourth-order valence-electron chi connectivity index (χ4n) is 2.26. The van der Waals surface area contributed by atoms with Crippen molar-refractivity contribution in [2.75, 3.05) is 5.32 Å². The van der Waals surface area contributed by atoms with Crippen molar-refractivity contribution in [3.8, 4) is 5.75 Å². The summed E-state index contributed by atoms with van der Waals surface area (Å²) < 4.78 is 11.0. The molecule has 0 aliphatic carbocycles. The maximum atomic E-state index is 12.4. The molecule has 1 amide bonds. The van der Waals surface area contributed by atoms with Gasteiger partial charge in [0.2, 0.25) is 0 Å². The number of carbonyl (C=O) groups is 2. The second kappa shape index (κ2) is 8.91. The lowest BCUT2D eigenvalue weighted by molar-refractivity contribution is -0.166. The molecular weight excluding hydrogens is 366 g/mol. The van der Waals surface area contributed by atoms with Crippen LogP contribution in [0.5, 0.6) is 5.75 Å². The minimum absolute atomic E-state index is 0.408. The van der Waals surface area contributed by atoms with Crippen LogP contribution in [0.4, 0.5) is 5.69 Å². The maximum Gasteiger partial charge on any atom is 0.350 e. The lowest BCUT2D eigenvalue weighted by atomic mass is 10.1. The first-order chi connectivity index (χ1) is 12.7. The SMILES string of the molecule is CCc1ccc(NC(=O)[C@@H](C)OC(=O)C(C)(C)Oc2ccc(Cl)cc2)cc1. The molecular formula is C21H24ClNO4. The third-order valence-corrected chi connectivity index (χ3v) is 4.21. The molecule has 2 aromatic rings. The topological polar surface area (TPSA) is 64.6 Å². The number of nitrogens with one attached hydrogen (secondary N) is 1. The summed E-state index contributed by atoms with van der Waals surface area (Å²) in [7, 11) is 0. The van der Waals surface area contributed by atoms with Crippen LogP contribution in [0.2, 0.25) is 5.02 Å². The second-order valence-electron chi connectivity index (χ2n) is 6.65. The molecule has 6 heteroatoms. The highest BCUT2D eigenvalue weighted by atomic mass is 35.5. The molecule has 0 heterocycles. The summed E-state index contributed by atoms with van der Waals surface area (Å²) in [4.78, 5) is 24.7. The van der Waals surface area contributed by atoms with Gasteiger partial charge >= 0.3 is 5.97 Å². The van der Waals surface area contributed by atoms with Crippen LogP contribution in [-0.2, 0) is 20.7 Å². The van der Waals surface area contributed by atoms with Gasteiger partial charge in [0.1, 0.15) is 5.75 Å². The van der Waals surface area contributed by atoms with Gasteiger partial charge in [-0.1, -0.05) is 30.7 Å². The highest BCUT2D eigenvalue weighted by Crippen LogP contribution is 2.22. The molecule has 1 atom stereocenters. The minimum Gasteiger partial charge on any atom is -0.476 e. The average Bonchev–Trinajstić information content (AvgIpc) is 2.64. The Bertz CT molecular complexity index is 785. The minimum atomic E-state index is -1.26. The zero-order valence-electron chi connectivity index (χ0n) is 15.9. The number of rotatable bonds is 7. The van der Waals surface area contributed by atoms with Crippen LogP contribution in [-0.4, -0.2) is 23.6 Å². The van der Waals surface area contributed by atoms with E-state index in [4.69, 9.17) is 21.1 Å². The highest BCUT2D eigenvalue weighted by Gasteiger charge is 2.34. The monoisotopic (exact) mass is 389 g/mol. The largest absolute Gasteiger partial charge is 0.476 e. The molecule has 1 N–H and O–H groups in total. The number of aryl methyl sites for hydroxylation is 1. The van der Waals surface area contributed by atoms with Crippen molar-refractivity contribution < 1.29 is 19.1 Å². The zero-order valence-corrected chi connectivity index (χ0v) is 16.7. The van der Waals surface area contributed by atoms with Crippen molar-refractivity contribution in [2.45, 2.75) is 45.8 Å². The lowest BCUT2D eigenvalue weighted by Gasteiger charge is -2.26. The standard InChI is InChI=1S/C21H24ClNO4/c1-5-15-6-10-17(11-7-15)23-19(24)14(2)26-20(25)21(3,4)27-18-12-8-16(22)9-13-18/h6-14H,5H2,1-4H3,(H,23,24)/t14-/m1/s1. The highest BCUT2D eigenvalue weighted by molar-refractivity contribution is 6.30. The third kappa shape index (κ3) is 6.00. The van der Waals surface area contributed by atoms with Gasteiger partial charge in [0.05, 0.1) is 0 Å². The Morgan fingerprint density at radius 3 is 2.22 bits per heavy atom. The van der Waals surface area contributed by atoms with E-state index in [9.17, 15) is 9.59 Å². The van der Waals surface area contributed by atoms with Crippen molar-refractivity contribution in [1.82, 2.24) is 0 Å². The van der Waals surface area contributed by atoms with Crippen molar-refractivity contribution >= 4 is 29.2 Å². The Morgan fingerprint density at radius 2 is 1.67 bits per heavy atom. The van der Waals surface area contributed by atoms with E-state index in [-0.39, 0.29) is 0 Å². The number of esters is 1. The molecule has 0 fully saturated rings. The van der Waals surface area contributed by atoms with E-state index >= 15 is 0 Å². The fraction of sp³-hybridized carbons (Fsp3) is 0.333. The smallest absolute Gasteiger partial charge is 0.350 e. The van der Waals surface area contributed by atoms with E-state index in [1.165, 1.54) is 12.5 Å². The maximum absolute atomic E-state index is 12.4. The van der Waals surface area contributed by atoms with Gasteiger partial charge < -0.3 is 14.8 Å². The Morgan fingerprint density at radius 1 is 1.07 bits per heavy atom. The Kier molecular flexibility index (Phi) is 6.86. The number of ether oxygens (including phenoxy) is 2. The van der Waals surface area contributed by atoms with E-state index in [2.05, 4.69) is 12.2 Å². The molecule has 0 saturated carbocycles. The molecule has 27 heavy (non-hydrogen) atoms. The lowest BCUT2D eigenvalue weighted by Crippen LogP contribution is -2.43. The summed E-state index contributed by atoms with van der Waals surface area (Å²) in [5.74, 6) is -0.564. The van der Waals surface area contributed by atoms with Crippen LogP contribution >= 0.6 is 11.6 Å². The van der Waals surface area contributed by atoms with E-state index in [0.29, 0.717) is 16.5 Å². The summed E-state index contributed by atoms with van der Waals surface area (Å²) in [6.45, 7) is 6.74. The first-order valence-corrected chi connectivity index (χ1v) is 9.14. The first-order valence-electron chi connectivity index (χ1n) is 8.76. The van der Waals surface area contributed by atoms with Gasteiger partial charge in [0.25, 0.3) is 5.91 Å². The van der Waals surface area contributed by atoms with Gasteiger partial charge in [0.15, 0.2) is 11.7 Å². The van der Waals surface area contributed by atoms with Gasteiger partial charge in [-0.05, 0) is 69.2 Å². The Balaban J connectivity index is 1.93. The Labute approximate surface area is 164 Å². The molecule has 2 aromatic carbocycles. The number of halogens is 1. The first kappa shape index (κ1) is 20.8. The Hall–Kier alpha value is -2.53. The van der Waals surface area contributed by atoms with E-state index < -0.39 is 23.6 Å². The quantitative estimate of drug-likeness (QED) is 0.701. The molecule has 5 nitrogen and oxygen atoms in total. The summed E-state index contributed by atoms with van der Waals surface area (Å²) in [6.07, 6.45) is -0.0401. The molecule has 0 aliphatic heterocycles. The van der Waals surface area contributed by atoms with Gasteiger partial charge in [-0.3, -0.25) is 4.79 Å². The van der Waals surface area contributed by atoms with Gasteiger partial charge in [0, 0.05) is 10.7 Å². The van der Waals surface area contributed by atoms with Crippen LogP contribution in [0.15, 0.2) is 48.5 Å². The summed E-state index contributed by atoms with van der Waals surface area (Å²) in [5, 5.41) is 3.30. The van der Waals surface area contributed by atoms with Gasteiger partial charge in [-0.15, -0.1) is 0 Å². The van der Waals surface area contributed by atoms with Crippen molar-refractivity contribution in [1.29, 1.82) is 0 Å². The number of hydrogen-bond donors (Lipinski definition) is 1. The second-order valence-corrected chi connectivity index (χ2v) is 7.09. The van der Waals surface area contributed by atoms with Crippen LogP contribution in [0.1, 0.15) is 33.3 Å². The van der Waals surface area contributed by atoms with Crippen molar-refractivity contribution in [3.05, 3.63) is 59.1 Å². The van der Waals surface area contributed by atoms with E-state index in [0.717, 1.165) is 6.42 Å². The van der Waals surface area contributed by atoms with E-state index in [1.54, 1.807) is 38.1 Å². The molecule has 0 radical (unpaired) electrons. The summed E-state index contributed by atoms with van der Waals surface area (Å²) in [6, 6.07) is 14.2. The van der Waals surface area contributed by atoms with Crippen LogP contribution in [0.25, 0.3) is 0 Å². The number of hydrogen-bond acceptors (Lipinski definition) is 4. The van der Waals surface area contributed by atoms with Crippen LogP contribution < -0.4 is 10.1 Å². The predicted octanol–water partition coefficient (Wildman–Crippen LogP) is 4.63. The molecule has 144 valence electrons. The molecule has 0 unspecified atom stereocenters. The van der Waals surface area contributed by atoms with Gasteiger partial charge in [-0.25, -0.2) is 4.79 Å². The molecule has 0 aliphatic rings. The summed E-state index contributed by atoms with van der Waals surface area (Å²) in [5.41, 5.74) is 0.566. The predicted molar refractivity (Wildman–Crippen MR) is 106 cm³/mol. The average molecular weight is 390 g/mol. The fourth-order valence-corrected chi connectivity index (χ4v) is 2.39. The molecule has 0 aromatic heterocycles. The third-order valence-electron chi connectivity index (χ3n) is 3.96. The zero-order chi connectivity index (χ0) is 20.0. The van der Waals surface area contributed by atoms with Crippen molar-refractivity contribution in [3.63, 3.8) is 0 Å². The normalized spacial score (nSPS) is 12.2. The molecule has 0 spiro atoms. The molecule has 2 rings (SSSR count). The number of carbonyl (C=O) groups excluding carboxylic acids is 2.